The number of β-lactam (4-membered cyclic amide) rings is 1. The topological polar surface area (TPSA) is 110 Å². The summed E-state index contributed by atoms with van der Waals surface area (Å²) >= 11 is 0. The Morgan fingerprint density at radius 2 is 1.88 bits per heavy atom. The van der Waals surface area contributed by atoms with Crippen LogP contribution in [0.5, 0.6) is 11.5 Å². The molecule has 1 fully saturated rings. The van der Waals surface area contributed by atoms with E-state index in [1.807, 2.05) is 6.07 Å². The Balaban J connectivity index is 1.55. The summed E-state index contributed by atoms with van der Waals surface area (Å²) in [5.41, 5.74) is 3.34. The van der Waals surface area contributed by atoms with Crippen molar-refractivity contribution in [2.24, 2.45) is 0 Å². The molecule has 3 aromatic rings. The summed E-state index contributed by atoms with van der Waals surface area (Å²) < 4.78 is 16.9. The van der Waals surface area contributed by atoms with Crippen molar-refractivity contribution < 1.29 is 28.3 Å². The molecule has 2 N–H and O–H groups in total. The number of carbonyl (C=O) groups excluding carboxylic acids is 3. The van der Waals surface area contributed by atoms with Gasteiger partial charge in [-0.05, 0) is 43.3 Å². The molecule has 3 amide bonds. The van der Waals surface area contributed by atoms with Gasteiger partial charge in [-0.1, -0.05) is 18.2 Å². The molecular weight excluding hydrogens is 426 g/mol. The molecule has 2 atom stereocenters. The van der Waals surface area contributed by atoms with Crippen LogP contribution in [-0.2, 0) is 9.59 Å². The Hall–Kier alpha value is -4.27. The summed E-state index contributed by atoms with van der Waals surface area (Å²) in [5.74, 6) is 0.0807. The van der Waals surface area contributed by atoms with Gasteiger partial charge >= 0.3 is 0 Å². The minimum absolute atomic E-state index is 0.212. The van der Waals surface area contributed by atoms with E-state index in [1.165, 1.54) is 24.3 Å². The fraction of sp³-hybridized carbons (Fsp3) is 0.208. The van der Waals surface area contributed by atoms with Gasteiger partial charge in [0.05, 0.1) is 18.4 Å². The molecule has 1 aromatic heterocycles. The number of para-hydroxylation sites is 1. The Morgan fingerprint density at radius 3 is 2.55 bits per heavy atom. The molecule has 0 aliphatic carbocycles. The van der Waals surface area contributed by atoms with E-state index < -0.39 is 24.0 Å². The number of hydrazine groups is 1. The van der Waals surface area contributed by atoms with Crippen LogP contribution in [0.1, 0.15) is 36.0 Å². The van der Waals surface area contributed by atoms with Gasteiger partial charge < -0.3 is 19.2 Å². The maximum Gasteiger partial charge on any atom is 0.285 e. The van der Waals surface area contributed by atoms with Crippen LogP contribution >= 0.6 is 0 Å². The Kier molecular flexibility index (Phi) is 6.30. The van der Waals surface area contributed by atoms with Crippen molar-refractivity contribution in [1.82, 2.24) is 10.4 Å². The Bertz CT molecular complexity index is 1150. The first kappa shape index (κ1) is 21.9. The third kappa shape index (κ3) is 4.67. The van der Waals surface area contributed by atoms with E-state index >= 15 is 0 Å². The fourth-order valence-electron chi connectivity index (χ4n) is 3.52. The Labute approximate surface area is 190 Å². The number of rotatable bonds is 8. The molecule has 0 bridgehead atoms. The summed E-state index contributed by atoms with van der Waals surface area (Å²) in [6.07, 6.45) is 0.637. The highest BCUT2D eigenvalue weighted by Gasteiger charge is 2.53. The van der Waals surface area contributed by atoms with Gasteiger partial charge in [-0.15, -0.1) is 0 Å². The summed E-state index contributed by atoms with van der Waals surface area (Å²) in [5, 5.41) is 3.84. The highest BCUT2D eigenvalue weighted by Crippen LogP contribution is 2.37. The van der Waals surface area contributed by atoms with Crippen molar-refractivity contribution >= 4 is 23.4 Å². The molecule has 1 saturated heterocycles. The highest BCUT2D eigenvalue weighted by atomic mass is 16.5. The number of amides is 3. The SMILES string of the molecule is CCOc1cc(NC(C)=O)ccc1C(=O)NN1C(=O)[C@H](Oc2ccccc2)[C@@H]1c1ccco1. The maximum atomic E-state index is 13.1. The van der Waals surface area contributed by atoms with Crippen molar-refractivity contribution in [3.05, 3.63) is 78.3 Å². The van der Waals surface area contributed by atoms with E-state index in [0.29, 0.717) is 23.8 Å². The van der Waals surface area contributed by atoms with Crippen LogP contribution in [-0.4, -0.2) is 35.4 Å². The molecular formula is C24H23N3O6. The van der Waals surface area contributed by atoms with Gasteiger partial charge in [0, 0.05) is 18.7 Å². The van der Waals surface area contributed by atoms with Gasteiger partial charge in [0.2, 0.25) is 12.0 Å². The average Bonchev–Trinajstić information content (AvgIpc) is 3.32. The van der Waals surface area contributed by atoms with Gasteiger partial charge in [0.25, 0.3) is 11.8 Å². The van der Waals surface area contributed by atoms with Crippen LogP contribution in [0.3, 0.4) is 0 Å². The lowest BCUT2D eigenvalue weighted by Gasteiger charge is -2.44. The number of hydrogen-bond acceptors (Lipinski definition) is 6. The molecule has 0 spiro atoms. The molecule has 2 aromatic carbocycles. The van der Waals surface area contributed by atoms with Crippen molar-refractivity contribution in [3.8, 4) is 11.5 Å². The summed E-state index contributed by atoms with van der Waals surface area (Å²) in [4.78, 5) is 37.3. The van der Waals surface area contributed by atoms with Crippen LogP contribution < -0.4 is 20.2 Å². The zero-order valence-corrected chi connectivity index (χ0v) is 18.1. The fourth-order valence-corrected chi connectivity index (χ4v) is 3.52. The lowest BCUT2D eigenvalue weighted by atomic mass is 9.97. The van der Waals surface area contributed by atoms with Crippen LogP contribution in [0.2, 0.25) is 0 Å². The number of anilines is 1. The zero-order valence-electron chi connectivity index (χ0n) is 18.1. The third-order valence-electron chi connectivity index (χ3n) is 4.96. The molecule has 0 unspecified atom stereocenters. The van der Waals surface area contributed by atoms with Crippen molar-refractivity contribution in [1.29, 1.82) is 0 Å². The molecule has 4 rings (SSSR count). The number of carbonyl (C=O) groups is 3. The first-order valence-electron chi connectivity index (χ1n) is 10.4. The van der Waals surface area contributed by atoms with E-state index in [0.717, 1.165) is 0 Å². The quantitative estimate of drug-likeness (QED) is 0.511. The molecule has 1 aliphatic rings. The van der Waals surface area contributed by atoms with Crippen LogP contribution in [0.4, 0.5) is 5.69 Å². The van der Waals surface area contributed by atoms with Crippen LogP contribution in [0.15, 0.2) is 71.3 Å². The third-order valence-corrected chi connectivity index (χ3v) is 4.96. The average molecular weight is 449 g/mol. The van der Waals surface area contributed by atoms with Gasteiger partial charge in [0.15, 0.2) is 6.04 Å². The predicted octanol–water partition coefficient (Wildman–Crippen LogP) is 3.31. The molecule has 33 heavy (non-hydrogen) atoms. The van der Waals surface area contributed by atoms with Crippen LogP contribution in [0.25, 0.3) is 0 Å². The van der Waals surface area contributed by atoms with E-state index in [1.54, 1.807) is 55.5 Å². The van der Waals surface area contributed by atoms with Gasteiger partial charge in [-0.2, -0.15) is 0 Å². The Morgan fingerprint density at radius 1 is 1.09 bits per heavy atom. The second-order valence-corrected chi connectivity index (χ2v) is 7.29. The minimum Gasteiger partial charge on any atom is -0.493 e. The lowest BCUT2D eigenvalue weighted by Crippen LogP contribution is -2.66. The number of nitrogens with one attached hydrogen (secondary N) is 2. The second kappa shape index (κ2) is 9.47. The number of benzene rings is 2. The van der Waals surface area contributed by atoms with Gasteiger partial charge in [0.1, 0.15) is 17.3 Å². The largest absolute Gasteiger partial charge is 0.493 e. The number of nitrogens with zero attached hydrogens (tertiary/aromatic N) is 1. The molecule has 0 saturated carbocycles. The van der Waals surface area contributed by atoms with Gasteiger partial charge in [-0.3, -0.25) is 19.8 Å². The maximum absolute atomic E-state index is 13.1. The predicted molar refractivity (Wildman–Crippen MR) is 119 cm³/mol. The number of furan rings is 1. The summed E-state index contributed by atoms with van der Waals surface area (Å²) in [6, 6.07) is 16.4. The monoisotopic (exact) mass is 449 g/mol. The smallest absolute Gasteiger partial charge is 0.285 e. The van der Waals surface area contributed by atoms with Crippen molar-refractivity contribution in [3.63, 3.8) is 0 Å². The van der Waals surface area contributed by atoms with Gasteiger partial charge in [-0.25, -0.2) is 5.01 Å². The molecule has 9 nitrogen and oxygen atoms in total. The molecule has 170 valence electrons. The molecule has 1 aliphatic heterocycles. The lowest BCUT2D eigenvalue weighted by molar-refractivity contribution is -0.170. The molecule has 0 radical (unpaired) electrons. The van der Waals surface area contributed by atoms with Crippen molar-refractivity contribution in [2.45, 2.75) is 26.0 Å². The second-order valence-electron chi connectivity index (χ2n) is 7.29. The minimum atomic E-state index is -0.854. The van der Waals surface area contributed by atoms with E-state index in [9.17, 15) is 14.4 Å². The van der Waals surface area contributed by atoms with E-state index in [2.05, 4.69) is 10.7 Å². The molecule has 2 heterocycles. The standard InChI is InChI=1S/C24H23N3O6/c1-3-31-20-14-16(25-15(2)28)11-12-18(20)23(29)26-27-21(19-10-7-13-32-19)22(24(27)30)33-17-8-5-4-6-9-17/h4-14,21-22H,3H2,1-2H3,(H,25,28)(H,26,29)/t21-,22+/m0/s1. The molecule has 9 heteroatoms. The first-order valence-corrected chi connectivity index (χ1v) is 10.4. The first-order chi connectivity index (χ1) is 16.0. The van der Waals surface area contributed by atoms with E-state index in [4.69, 9.17) is 13.9 Å². The highest BCUT2D eigenvalue weighted by molar-refractivity contribution is 6.00. The number of hydrogen-bond donors (Lipinski definition) is 2. The zero-order chi connectivity index (χ0) is 23.4. The van der Waals surface area contributed by atoms with Crippen LogP contribution in [0, 0.1) is 0 Å². The van der Waals surface area contributed by atoms with Crippen molar-refractivity contribution in [2.75, 3.05) is 11.9 Å². The summed E-state index contributed by atoms with van der Waals surface area (Å²) in [6.45, 7) is 3.48. The summed E-state index contributed by atoms with van der Waals surface area (Å²) in [7, 11) is 0. The number of ether oxygens (including phenoxy) is 2. The van der Waals surface area contributed by atoms with E-state index in [-0.39, 0.29) is 17.2 Å². The normalized spacial score (nSPS) is 17.2.